The number of benzene rings is 1. The van der Waals surface area contributed by atoms with Gasteiger partial charge in [-0.15, -0.1) is 24.0 Å². The summed E-state index contributed by atoms with van der Waals surface area (Å²) in [5.74, 6) is 1.06. The van der Waals surface area contributed by atoms with Crippen molar-refractivity contribution in [2.24, 2.45) is 4.99 Å². The number of alkyl halides is 3. The van der Waals surface area contributed by atoms with Crippen molar-refractivity contribution < 1.29 is 27.4 Å². The Bertz CT molecular complexity index is 703. The Morgan fingerprint density at radius 2 is 1.90 bits per heavy atom. The Hall–Kier alpha value is -1.92. The van der Waals surface area contributed by atoms with Gasteiger partial charge in [0.15, 0.2) is 17.5 Å². The molecule has 1 amide bonds. The number of hydrogen-bond donors (Lipinski definition) is 2. The van der Waals surface area contributed by atoms with Gasteiger partial charge in [0.2, 0.25) is 5.91 Å². The van der Waals surface area contributed by atoms with Gasteiger partial charge in [0.1, 0.15) is 13.1 Å². The number of aliphatic imine (C=N–C) groups is 1. The van der Waals surface area contributed by atoms with Gasteiger partial charge in [-0.05, 0) is 44.4 Å². The lowest BCUT2D eigenvalue weighted by molar-refractivity contribution is -0.157. The van der Waals surface area contributed by atoms with E-state index in [1.807, 2.05) is 32.0 Å². The van der Waals surface area contributed by atoms with Crippen LogP contribution in [0, 0.1) is 0 Å². The topological polar surface area (TPSA) is 75.2 Å². The van der Waals surface area contributed by atoms with Gasteiger partial charge in [0, 0.05) is 20.1 Å². The molecule has 11 heteroatoms. The minimum atomic E-state index is -4.43. The number of rotatable bonds is 11. The highest BCUT2D eigenvalue weighted by atomic mass is 127. The van der Waals surface area contributed by atoms with Crippen molar-refractivity contribution >= 4 is 35.8 Å². The van der Waals surface area contributed by atoms with Crippen LogP contribution in [-0.4, -0.2) is 69.9 Å². The highest BCUT2D eigenvalue weighted by Crippen LogP contribution is 2.28. The van der Waals surface area contributed by atoms with E-state index >= 15 is 0 Å². The largest absolute Gasteiger partial charge is 0.493 e. The zero-order valence-corrected chi connectivity index (χ0v) is 20.7. The first kappa shape index (κ1) is 29.1. The van der Waals surface area contributed by atoms with Gasteiger partial charge in [0.25, 0.3) is 0 Å². The molecule has 0 aliphatic carbocycles. The number of likely N-dealkylation sites (N-methyl/N-ethyl adjacent to an activating group) is 1. The monoisotopic (exact) mass is 560 g/mol. The van der Waals surface area contributed by atoms with Crippen LogP contribution in [0.3, 0.4) is 0 Å². The van der Waals surface area contributed by atoms with Gasteiger partial charge >= 0.3 is 6.18 Å². The van der Waals surface area contributed by atoms with Crippen LogP contribution >= 0.6 is 24.0 Å². The molecule has 0 heterocycles. The molecule has 0 atom stereocenters. The lowest BCUT2D eigenvalue weighted by atomic mass is 10.1. The molecule has 0 saturated carbocycles. The maximum Gasteiger partial charge on any atom is 0.406 e. The van der Waals surface area contributed by atoms with Gasteiger partial charge < -0.3 is 25.0 Å². The van der Waals surface area contributed by atoms with Gasteiger partial charge in [-0.2, -0.15) is 13.2 Å². The lowest BCUT2D eigenvalue weighted by Gasteiger charge is -2.18. The summed E-state index contributed by atoms with van der Waals surface area (Å²) in [5, 5.41) is 6.06. The Morgan fingerprint density at radius 3 is 2.48 bits per heavy atom. The zero-order chi connectivity index (χ0) is 22.6. The third-order valence-electron chi connectivity index (χ3n) is 4.02. The van der Waals surface area contributed by atoms with E-state index in [9.17, 15) is 18.0 Å². The highest BCUT2D eigenvalue weighted by molar-refractivity contribution is 14.0. The molecule has 0 aromatic heterocycles. The second-order valence-corrected chi connectivity index (χ2v) is 6.51. The molecule has 0 aliphatic rings. The van der Waals surface area contributed by atoms with E-state index in [1.165, 1.54) is 0 Å². The molecule has 1 aromatic carbocycles. The molecule has 178 valence electrons. The van der Waals surface area contributed by atoms with Crippen molar-refractivity contribution in [3.8, 4) is 11.5 Å². The highest BCUT2D eigenvalue weighted by Gasteiger charge is 2.31. The predicted octanol–water partition coefficient (Wildman–Crippen LogP) is 3.22. The Balaban J connectivity index is 0.00000900. The van der Waals surface area contributed by atoms with Gasteiger partial charge in [-0.25, -0.2) is 4.99 Å². The van der Waals surface area contributed by atoms with E-state index in [0.29, 0.717) is 42.1 Å². The second-order valence-electron chi connectivity index (χ2n) is 6.51. The summed E-state index contributed by atoms with van der Waals surface area (Å²) in [7, 11) is 2.70. The maximum absolute atomic E-state index is 12.4. The fourth-order valence-electron chi connectivity index (χ4n) is 2.61. The number of aryl methyl sites for hydroxylation is 1. The number of nitrogens with one attached hydrogen (secondary N) is 2. The third-order valence-corrected chi connectivity index (χ3v) is 4.02. The van der Waals surface area contributed by atoms with Crippen molar-refractivity contribution in [3.63, 3.8) is 0 Å². The molecule has 0 spiro atoms. The summed E-state index contributed by atoms with van der Waals surface area (Å²) < 4.78 is 48.0. The third kappa shape index (κ3) is 11.9. The van der Waals surface area contributed by atoms with Crippen molar-refractivity contribution in [2.75, 3.05) is 46.9 Å². The van der Waals surface area contributed by atoms with E-state index in [2.05, 4.69) is 15.6 Å². The zero-order valence-electron chi connectivity index (χ0n) is 18.3. The number of halogens is 4. The summed E-state index contributed by atoms with van der Waals surface area (Å²) in [5.41, 5.74) is 1.09. The normalized spacial score (nSPS) is 11.4. The molecule has 0 saturated heterocycles. The molecule has 31 heavy (non-hydrogen) atoms. The van der Waals surface area contributed by atoms with Crippen LogP contribution in [0.5, 0.6) is 11.5 Å². The fourth-order valence-corrected chi connectivity index (χ4v) is 2.61. The van der Waals surface area contributed by atoms with Crippen LogP contribution in [0.2, 0.25) is 0 Å². The molecule has 0 aliphatic heterocycles. The smallest absolute Gasteiger partial charge is 0.406 e. The SMILES string of the molecule is CCNC(=NCC(=O)N(C)CC(F)(F)F)NCCCc1ccc(OC)c(OCC)c1.I. The van der Waals surface area contributed by atoms with Crippen LogP contribution in [0.4, 0.5) is 13.2 Å². The summed E-state index contributed by atoms with van der Waals surface area (Å²) >= 11 is 0. The van der Waals surface area contributed by atoms with Crippen molar-refractivity contribution in [2.45, 2.75) is 32.9 Å². The molecule has 0 radical (unpaired) electrons. The number of amides is 1. The van der Waals surface area contributed by atoms with E-state index in [4.69, 9.17) is 9.47 Å². The van der Waals surface area contributed by atoms with Crippen LogP contribution in [0.25, 0.3) is 0 Å². The first-order chi connectivity index (χ1) is 14.2. The number of methoxy groups -OCH3 is 1. The van der Waals surface area contributed by atoms with Gasteiger partial charge in [-0.1, -0.05) is 6.07 Å². The molecule has 1 rings (SSSR count). The van der Waals surface area contributed by atoms with Crippen molar-refractivity contribution in [3.05, 3.63) is 23.8 Å². The Labute approximate surface area is 198 Å². The summed E-state index contributed by atoms with van der Waals surface area (Å²) in [4.78, 5) is 16.5. The number of carbonyl (C=O) groups excluding carboxylic acids is 1. The predicted molar refractivity (Wildman–Crippen MR) is 126 cm³/mol. The maximum atomic E-state index is 12.4. The summed E-state index contributed by atoms with van der Waals surface area (Å²) in [6, 6.07) is 5.77. The van der Waals surface area contributed by atoms with Crippen LogP contribution < -0.4 is 20.1 Å². The molecule has 1 aromatic rings. The van der Waals surface area contributed by atoms with Gasteiger partial charge in [-0.3, -0.25) is 4.79 Å². The van der Waals surface area contributed by atoms with Crippen LogP contribution in [-0.2, 0) is 11.2 Å². The molecule has 2 N–H and O–H groups in total. The van der Waals surface area contributed by atoms with Crippen molar-refractivity contribution in [1.82, 2.24) is 15.5 Å². The quantitative estimate of drug-likeness (QED) is 0.188. The van der Waals surface area contributed by atoms with Crippen molar-refractivity contribution in [1.29, 1.82) is 0 Å². The first-order valence-electron chi connectivity index (χ1n) is 9.82. The van der Waals surface area contributed by atoms with Gasteiger partial charge in [0.05, 0.1) is 13.7 Å². The van der Waals surface area contributed by atoms with E-state index in [-0.39, 0.29) is 30.5 Å². The minimum absolute atomic E-state index is 0. The lowest BCUT2D eigenvalue weighted by Crippen LogP contribution is -2.40. The van der Waals surface area contributed by atoms with E-state index < -0.39 is 18.6 Å². The average Bonchev–Trinajstić information content (AvgIpc) is 2.68. The molecule has 0 fully saturated rings. The molecule has 0 bridgehead atoms. The number of carbonyl (C=O) groups is 1. The number of guanidine groups is 1. The summed E-state index contributed by atoms with van der Waals surface area (Å²) in [6.07, 6.45) is -2.87. The molecular weight excluding hydrogens is 528 g/mol. The minimum Gasteiger partial charge on any atom is -0.493 e. The Morgan fingerprint density at radius 1 is 1.19 bits per heavy atom. The van der Waals surface area contributed by atoms with E-state index in [0.717, 1.165) is 25.5 Å². The van der Waals surface area contributed by atoms with Crippen LogP contribution in [0.1, 0.15) is 25.8 Å². The second kappa shape index (κ2) is 15.0. The molecule has 7 nitrogen and oxygen atoms in total. The fraction of sp³-hybridized carbons (Fsp3) is 0.600. The number of nitrogens with zero attached hydrogens (tertiary/aromatic N) is 2. The Kier molecular flexibility index (Phi) is 14.0. The number of hydrogen-bond acceptors (Lipinski definition) is 4. The summed E-state index contributed by atoms with van der Waals surface area (Å²) in [6.45, 7) is 3.80. The molecular formula is C20H32F3IN4O3. The molecule has 0 unspecified atom stereocenters. The standard InChI is InChI=1S/C20H31F3N4O3.HI/c1-5-24-19(26-13-18(28)27(3)14-20(21,22)23)25-11-7-8-15-9-10-16(29-4)17(12-15)30-6-2;/h9-10,12H,5-8,11,13-14H2,1-4H3,(H2,24,25,26);1H. The van der Waals surface area contributed by atoms with E-state index in [1.54, 1.807) is 7.11 Å². The number of ether oxygens (including phenoxy) is 2. The first-order valence-corrected chi connectivity index (χ1v) is 9.82. The average molecular weight is 560 g/mol. The van der Waals surface area contributed by atoms with Crippen LogP contribution in [0.15, 0.2) is 23.2 Å².